The summed E-state index contributed by atoms with van der Waals surface area (Å²) in [4.78, 5) is 0.518. The fourth-order valence-corrected chi connectivity index (χ4v) is 2.12. The highest BCUT2D eigenvalue weighted by atomic mass is 35.5. The Balaban J connectivity index is 3.03. The average Bonchev–Trinajstić information content (AvgIpc) is 2.35. The summed E-state index contributed by atoms with van der Waals surface area (Å²) in [7, 11) is 0. The topological polar surface area (TPSA) is 35.2 Å². The van der Waals surface area contributed by atoms with Gasteiger partial charge in [0.15, 0.2) is 0 Å². The molecule has 2 N–H and O–H groups in total. The quantitative estimate of drug-likeness (QED) is 0.797. The van der Waals surface area contributed by atoms with Gasteiger partial charge in [-0.1, -0.05) is 44.6 Å². The molecule has 0 radical (unpaired) electrons. The maximum atomic E-state index is 6.06. The van der Waals surface area contributed by atoms with Crippen LogP contribution in [0.2, 0.25) is 5.02 Å². The molecule has 4 heteroatoms. The second-order valence-corrected chi connectivity index (χ2v) is 5.42. The lowest BCUT2D eigenvalue weighted by Crippen LogP contribution is -2.23. The molecule has 100 valence electrons. The van der Waals surface area contributed by atoms with Crippen molar-refractivity contribution in [2.24, 2.45) is 11.7 Å². The highest BCUT2D eigenvalue weighted by molar-refractivity contribution is 7.80. The summed E-state index contributed by atoms with van der Waals surface area (Å²) in [6, 6.07) is 5.69. The first-order valence-electron chi connectivity index (χ1n) is 6.19. The van der Waals surface area contributed by atoms with Gasteiger partial charge in [-0.15, -0.1) is 0 Å². The van der Waals surface area contributed by atoms with Crippen molar-refractivity contribution in [1.82, 2.24) is 0 Å². The van der Waals surface area contributed by atoms with E-state index in [1.165, 1.54) is 0 Å². The van der Waals surface area contributed by atoms with Crippen LogP contribution in [-0.2, 0) is 0 Å². The number of hydrogen-bond acceptors (Lipinski definition) is 2. The van der Waals surface area contributed by atoms with Gasteiger partial charge < -0.3 is 10.5 Å². The summed E-state index contributed by atoms with van der Waals surface area (Å²) in [5.41, 5.74) is 6.79. The Labute approximate surface area is 119 Å². The van der Waals surface area contributed by atoms with Gasteiger partial charge in [0.05, 0.1) is 11.6 Å². The van der Waals surface area contributed by atoms with Gasteiger partial charge in [0, 0.05) is 10.9 Å². The SMILES string of the molecule is CCCOc1ccc(Cl)cc1C(C)C(C)C(N)=S. The molecule has 0 bridgehead atoms. The summed E-state index contributed by atoms with van der Waals surface area (Å²) in [5.74, 6) is 1.17. The number of hydrogen-bond donors (Lipinski definition) is 1. The number of benzene rings is 1. The van der Waals surface area contributed by atoms with E-state index in [1.807, 2.05) is 25.1 Å². The molecule has 0 aliphatic carbocycles. The summed E-state index contributed by atoms with van der Waals surface area (Å²) < 4.78 is 5.75. The number of rotatable bonds is 6. The van der Waals surface area contributed by atoms with Crippen molar-refractivity contribution >= 4 is 28.8 Å². The van der Waals surface area contributed by atoms with Crippen molar-refractivity contribution in [3.63, 3.8) is 0 Å². The van der Waals surface area contributed by atoms with Crippen LogP contribution in [0.15, 0.2) is 18.2 Å². The minimum atomic E-state index is 0.113. The van der Waals surface area contributed by atoms with Gasteiger partial charge in [0.25, 0.3) is 0 Å². The number of thiocarbonyl (C=S) groups is 1. The summed E-state index contributed by atoms with van der Waals surface area (Å²) in [6.07, 6.45) is 0.974. The van der Waals surface area contributed by atoms with Crippen LogP contribution in [0.1, 0.15) is 38.7 Å². The Bertz CT molecular complexity index is 422. The minimum Gasteiger partial charge on any atom is -0.493 e. The lowest BCUT2D eigenvalue weighted by Gasteiger charge is -2.22. The third kappa shape index (κ3) is 3.85. The third-order valence-corrected chi connectivity index (χ3v) is 3.73. The maximum Gasteiger partial charge on any atom is 0.122 e. The largest absolute Gasteiger partial charge is 0.493 e. The molecule has 0 fully saturated rings. The van der Waals surface area contributed by atoms with Crippen LogP contribution in [0.25, 0.3) is 0 Å². The number of halogens is 1. The van der Waals surface area contributed by atoms with Crippen molar-refractivity contribution in [3.05, 3.63) is 28.8 Å². The first-order valence-corrected chi connectivity index (χ1v) is 6.97. The second kappa shape index (κ2) is 6.95. The molecule has 1 rings (SSSR count). The van der Waals surface area contributed by atoms with E-state index < -0.39 is 0 Å². The fraction of sp³-hybridized carbons (Fsp3) is 0.500. The van der Waals surface area contributed by atoms with E-state index in [4.69, 9.17) is 34.3 Å². The zero-order valence-corrected chi connectivity index (χ0v) is 12.6. The highest BCUT2D eigenvalue weighted by Crippen LogP contribution is 2.34. The first-order chi connectivity index (χ1) is 8.47. The van der Waals surface area contributed by atoms with Crippen molar-refractivity contribution in [1.29, 1.82) is 0 Å². The third-order valence-electron chi connectivity index (χ3n) is 3.12. The minimum absolute atomic E-state index is 0.113. The van der Waals surface area contributed by atoms with Crippen LogP contribution in [0.3, 0.4) is 0 Å². The van der Waals surface area contributed by atoms with Gasteiger partial charge in [-0.2, -0.15) is 0 Å². The molecule has 0 saturated heterocycles. The average molecular weight is 286 g/mol. The Morgan fingerprint density at radius 2 is 2.11 bits per heavy atom. The smallest absolute Gasteiger partial charge is 0.122 e. The van der Waals surface area contributed by atoms with Crippen molar-refractivity contribution in [3.8, 4) is 5.75 Å². The van der Waals surface area contributed by atoms with E-state index >= 15 is 0 Å². The van der Waals surface area contributed by atoms with Gasteiger partial charge in [-0.05, 0) is 36.1 Å². The van der Waals surface area contributed by atoms with Gasteiger partial charge in [-0.25, -0.2) is 0 Å². The molecule has 0 saturated carbocycles. The molecule has 0 aliphatic heterocycles. The van der Waals surface area contributed by atoms with Crippen molar-refractivity contribution in [2.75, 3.05) is 6.61 Å². The summed E-state index contributed by atoms with van der Waals surface area (Å²) >= 11 is 11.1. The van der Waals surface area contributed by atoms with Crippen LogP contribution in [0.5, 0.6) is 5.75 Å². The van der Waals surface area contributed by atoms with Crippen LogP contribution >= 0.6 is 23.8 Å². The van der Waals surface area contributed by atoms with E-state index in [1.54, 1.807) is 0 Å². The summed E-state index contributed by atoms with van der Waals surface area (Å²) in [6.45, 7) is 6.89. The van der Waals surface area contributed by atoms with Crippen LogP contribution in [0.4, 0.5) is 0 Å². The van der Waals surface area contributed by atoms with Gasteiger partial charge >= 0.3 is 0 Å². The van der Waals surface area contributed by atoms with E-state index in [0.717, 1.165) is 17.7 Å². The molecule has 2 atom stereocenters. The van der Waals surface area contributed by atoms with Gasteiger partial charge in [0.1, 0.15) is 5.75 Å². The molecule has 0 heterocycles. The van der Waals surface area contributed by atoms with Crippen molar-refractivity contribution < 1.29 is 4.74 Å². The molecular formula is C14H20ClNOS. The molecule has 18 heavy (non-hydrogen) atoms. The van der Waals surface area contributed by atoms with E-state index in [-0.39, 0.29) is 11.8 Å². The van der Waals surface area contributed by atoms with E-state index in [2.05, 4.69) is 13.8 Å². The van der Waals surface area contributed by atoms with E-state index in [0.29, 0.717) is 16.6 Å². The molecule has 2 nitrogen and oxygen atoms in total. The monoisotopic (exact) mass is 285 g/mol. The lowest BCUT2D eigenvalue weighted by molar-refractivity contribution is 0.311. The fourth-order valence-electron chi connectivity index (χ4n) is 1.73. The Kier molecular flexibility index (Phi) is 5.89. The van der Waals surface area contributed by atoms with Crippen molar-refractivity contribution in [2.45, 2.75) is 33.1 Å². The molecule has 0 spiro atoms. The van der Waals surface area contributed by atoms with Gasteiger partial charge in [0.2, 0.25) is 0 Å². The second-order valence-electron chi connectivity index (χ2n) is 4.51. The molecule has 1 aromatic carbocycles. The molecule has 0 aromatic heterocycles. The first kappa shape index (κ1) is 15.3. The van der Waals surface area contributed by atoms with Crippen LogP contribution in [-0.4, -0.2) is 11.6 Å². The molecular weight excluding hydrogens is 266 g/mol. The Morgan fingerprint density at radius 1 is 1.44 bits per heavy atom. The normalized spacial score (nSPS) is 14.0. The predicted molar refractivity (Wildman–Crippen MR) is 81.6 cm³/mol. The van der Waals surface area contributed by atoms with Crippen LogP contribution in [0, 0.1) is 5.92 Å². The lowest BCUT2D eigenvalue weighted by atomic mass is 9.88. The molecule has 0 aliphatic rings. The number of nitrogens with two attached hydrogens (primary N) is 1. The Hall–Kier alpha value is -0.800. The predicted octanol–water partition coefficient (Wildman–Crippen LogP) is 4.15. The Morgan fingerprint density at radius 3 is 2.67 bits per heavy atom. The standard InChI is InChI=1S/C14H20ClNOS/c1-4-7-17-13-6-5-11(15)8-12(13)9(2)10(3)14(16)18/h5-6,8-10H,4,7H2,1-3H3,(H2,16,18). The molecule has 2 unspecified atom stereocenters. The molecule has 1 aromatic rings. The zero-order valence-electron chi connectivity index (χ0n) is 11.1. The zero-order chi connectivity index (χ0) is 13.7. The summed E-state index contributed by atoms with van der Waals surface area (Å²) in [5, 5.41) is 0.704. The van der Waals surface area contributed by atoms with E-state index in [9.17, 15) is 0 Å². The highest BCUT2D eigenvalue weighted by Gasteiger charge is 2.20. The van der Waals surface area contributed by atoms with Gasteiger partial charge in [-0.3, -0.25) is 0 Å². The molecule has 0 amide bonds. The van der Waals surface area contributed by atoms with Crippen LogP contribution < -0.4 is 10.5 Å². The maximum absolute atomic E-state index is 6.06. The number of ether oxygens (including phenoxy) is 1.